The highest BCUT2D eigenvalue weighted by Gasteiger charge is 2.41. The highest BCUT2D eigenvalue weighted by Crippen LogP contribution is 2.47. The number of nitrogens with one attached hydrogen (secondary N) is 3. The molecule has 2 atom stereocenters. The van der Waals surface area contributed by atoms with E-state index in [-0.39, 0.29) is 24.3 Å². The van der Waals surface area contributed by atoms with E-state index in [0.717, 1.165) is 18.5 Å². The second-order valence-electron chi connectivity index (χ2n) is 8.95. The molecule has 0 bridgehead atoms. The van der Waals surface area contributed by atoms with Crippen LogP contribution in [0.2, 0.25) is 4.34 Å². The number of hydrogen-bond acceptors (Lipinski definition) is 9. The molecule has 176 valence electrons. The van der Waals surface area contributed by atoms with Gasteiger partial charge in [0, 0.05) is 36.3 Å². The van der Waals surface area contributed by atoms with Gasteiger partial charge in [0.25, 0.3) is 0 Å². The van der Waals surface area contributed by atoms with Crippen LogP contribution in [0.5, 0.6) is 0 Å². The number of nitrogens with zero attached hydrogens (tertiary/aromatic N) is 6. The van der Waals surface area contributed by atoms with Crippen LogP contribution in [-0.2, 0) is 10.2 Å². The average Bonchev–Trinajstić information content (AvgIpc) is 3.32. The van der Waals surface area contributed by atoms with Gasteiger partial charge in [0.1, 0.15) is 16.0 Å². The van der Waals surface area contributed by atoms with E-state index in [0.29, 0.717) is 32.8 Å². The van der Waals surface area contributed by atoms with Crippen molar-refractivity contribution >= 4 is 57.3 Å². The van der Waals surface area contributed by atoms with Gasteiger partial charge in [-0.25, -0.2) is 4.98 Å². The summed E-state index contributed by atoms with van der Waals surface area (Å²) in [6.45, 7) is 2.44. The van der Waals surface area contributed by atoms with Gasteiger partial charge in [-0.1, -0.05) is 29.9 Å². The highest BCUT2D eigenvalue weighted by atomic mass is 35.5. The van der Waals surface area contributed by atoms with Crippen LogP contribution in [-0.4, -0.2) is 59.3 Å². The molecule has 4 aromatic rings. The summed E-state index contributed by atoms with van der Waals surface area (Å²) in [6.07, 6.45) is 5.18. The molecule has 1 saturated carbocycles. The first-order valence-corrected chi connectivity index (χ1v) is 12.1. The maximum atomic E-state index is 13.0. The van der Waals surface area contributed by atoms with Gasteiger partial charge in [-0.05, 0) is 25.0 Å². The Labute approximate surface area is 203 Å². The number of H-pyrrole nitrogens is 1. The van der Waals surface area contributed by atoms with Gasteiger partial charge in [0.2, 0.25) is 17.8 Å². The Kier molecular flexibility index (Phi) is 4.97. The van der Waals surface area contributed by atoms with Crippen LogP contribution in [0.1, 0.15) is 31.9 Å². The SMILES string of the molecule is CC1(c2cc(Nc3nc(N4C[C@@H](O)C[C@H]4C(=O)Nc4ncc(Cl)s4)nc4cccn34)n[nH]2)CC1. The molecule has 6 rings (SSSR count). The minimum atomic E-state index is -0.688. The van der Waals surface area contributed by atoms with Crippen LogP contribution in [0.3, 0.4) is 0 Å². The summed E-state index contributed by atoms with van der Waals surface area (Å²) in [5.41, 5.74) is 1.92. The summed E-state index contributed by atoms with van der Waals surface area (Å²) in [5, 5.41) is 24.3. The lowest BCUT2D eigenvalue weighted by molar-refractivity contribution is -0.117. The zero-order valence-corrected chi connectivity index (χ0v) is 19.8. The third-order valence-corrected chi connectivity index (χ3v) is 7.42. The van der Waals surface area contributed by atoms with Gasteiger partial charge in [0.05, 0.1) is 12.3 Å². The zero-order chi connectivity index (χ0) is 23.4. The van der Waals surface area contributed by atoms with Crippen molar-refractivity contribution in [1.29, 1.82) is 0 Å². The van der Waals surface area contributed by atoms with Gasteiger partial charge in [-0.3, -0.25) is 14.3 Å². The lowest BCUT2D eigenvalue weighted by Crippen LogP contribution is -2.40. The fourth-order valence-corrected chi connectivity index (χ4v) is 5.00. The number of aromatic amines is 1. The maximum Gasteiger partial charge on any atom is 0.249 e. The van der Waals surface area contributed by atoms with E-state index < -0.39 is 12.1 Å². The Hall–Kier alpha value is -3.22. The fourth-order valence-electron chi connectivity index (χ4n) is 4.19. The molecular formula is C21H22ClN9O2S. The molecule has 34 heavy (non-hydrogen) atoms. The van der Waals surface area contributed by atoms with Crippen molar-refractivity contribution in [2.75, 3.05) is 22.1 Å². The minimum absolute atomic E-state index is 0.167. The minimum Gasteiger partial charge on any atom is -0.391 e. The molecule has 0 unspecified atom stereocenters. The van der Waals surface area contributed by atoms with Crippen molar-refractivity contribution in [3.63, 3.8) is 0 Å². The predicted octanol–water partition coefficient (Wildman–Crippen LogP) is 2.94. The van der Waals surface area contributed by atoms with Gasteiger partial charge >= 0.3 is 0 Å². The third-order valence-electron chi connectivity index (χ3n) is 6.39. The smallest absolute Gasteiger partial charge is 0.249 e. The lowest BCUT2D eigenvalue weighted by Gasteiger charge is -2.23. The first-order valence-electron chi connectivity index (χ1n) is 10.9. The Bertz CT molecular complexity index is 1380. The molecule has 0 spiro atoms. The maximum absolute atomic E-state index is 13.0. The third kappa shape index (κ3) is 3.87. The van der Waals surface area contributed by atoms with Crippen molar-refractivity contribution in [1.82, 2.24) is 29.5 Å². The number of carbonyl (C=O) groups excluding carboxylic acids is 1. The van der Waals surface area contributed by atoms with Crippen molar-refractivity contribution in [3.8, 4) is 0 Å². The Balaban J connectivity index is 1.30. The molecule has 1 amide bonds. The molecular weight excluding hydrogens is 478 g/mol. The van der Waals surface area contributed by atoms with Crippen molar-refractivity contribution in [2.24, 2.45) is 0 Å². The first kappa shape index (κ1) is 21.3. The number of hydrogen-bond donors (Lipinski definition) is 4. The molecule has 4 N–H and O–H groups in total. The number of carbonyl (C=O) groups is 1. The van der Waals surface area contributed by atoms with Crippen LogP contribution in [0.25, 0.3) is 5.65 Å². The number of anilines is 4. The molecule has 2 fully saturated rings. The van der Waals surface area contributed by atoms with E-state index in [1.165, 1.54) is 17.5 Å². The molecule has 11 nitrogen and oxygen atoms in total. The molecule has 1 aliphatic heterocycles. The molecule has 1 saturated heterocycles. The summed E-state index contributed by atoms with van der Waals surface area (Å²) in [7, 11) is 0. The van der Waals surface area contributed by atoms with Crippen LogP contribution in [0, 0.1) is 0 Å². The molecule has 5 heterocycles. The predicted molar refractivity (Wildman–Crippen MR) is 129 cm³/mol. The summed E-state index contributed by atoms with van der Waals surface area (Å²) < 4.78 is 2.30. The summed E-state index contributed by atoms with van der Waals surface area (Å²) in [6, 6.07) is 5.07. The van der Waals surface area contributed by atoms with Gasteiger partial charge < -0.3 is 20.6 Å². The summed E-state index contributed by atoms with van der Waals surface area (Å²) in [4.78, 5) is 28.2. The number of aromatic nitrogens is 6. The van der Waals surface area contributed by atoms with E-state index in [1.807, 2.05) is 28.8 Å². The molecule has 0 radical (unpaired) electrons. The number of thiazole rings is 1. The first-order chi connectivity index (χ1) is 16.4. The van der Waals surface area contributed by atoms with Crippen molar-refractivity contribution < 1.29 is 9.90 Å². The second kappa shape index (κ2) is 7.93. The van der Waals surface area contributed by atoms with Gasteiger partial charge in [-0.2, -0.15) is 15.1 Å². The lowest BCUT2D eigenvalue weighted by atomic mass is 10.1. The summed E-state index contributed by atoms with van der Waals surface area (Å²) in [5.74, 6) is 1.20. The van der Waals surface area contributed by atoms with Crippen LogP contribution in [0.15, 0.2) is 30.6 Å². The van der Waals surface area contributed by atoms with E-state index >= 15 is 0 Å². The molecule has 1 aliphatic carbocycles. The Morgan fingerprint density at radius 1 is 1.38 bits per heavy atom. The Morgan fingerprint density at radius 3 is 3.00 bits per heavy atom. The van der Waals surface area contributed by atoms with Crippen LogP contribution >= 0.6 is 22.9 Å². The number of β-amino-alcohol motifs (C(OH)–C–C–N with tert-alkyl or cyclic N) is 1. The van der Waals surface area contributed by atoms with E-state index in [4.69, 9.17) is 16.6 Å². The number of amides is 1. The fraction of sp³-hybridized carbons (Fsp3) is 0.381. The largest absolute Gasteiger partial charge is 0.391 e. The van der Waals surface area contributed by atoms with Crippen molar-refractivity contribution in [3.05, 3.63) is 40.6 Å². The van der Waals surface area contributed by atoms with E-state index in [1.54, 1.807) is 4.90 Å². The monoisotopic (exact) mass is 499 g/mol. The van der Waals surface area contributed by atoms with Crippen molar-refractivity contribution in [2.45, 2.75) is 43.7 Å². The highest BCUT2D eigenvalue weighted by molar-refractivity contribution is 7.19. The average molecular weight is 500 g/mol. The number of halogens is 1. The topological polar surface area (TPSA) is 136 Å². The Morgan fingerprint density at radius 2 is 2.24 bits per heavy atom. The number of aliphatic hydroxyl groups is 1. The summed E-state index contributed by atoms with van der Waals surface area (Å²) >= 11 is 7.10. The van der Waals surface area contributed by atoms with E-state index in [2.05, 4.69) is 37.7 Å². The standard InChI is InChI=1S/C21H22ClN9O2S/c1-21(4-5-21)13-8-15(29-28-13)24-18-27-19(25-16-3-2-6-30(16)18)31-10-11(32)7-12(31)17(33)26-20-23-9-14(22)34-20/h2-3,6,8-9,11-12,32H,4-5,7,10H2,1H3,(H,23,26,33)(H2,24,25,27,28,29)/t11-,12-/m0/s1. The molecule has 13 heteroatoms. The zero-order valence-electron chi connectivity index (χ0n) is 18.2. The molecule has 4 aromatic heterocycles. The number of rotatable bonds is 6. The quantitative estimate of drug-likeness (QED) is 0.318. The molecule has 0 aromatic carbocycles. The van der Waals surface area contributed by atoms with Crippen LogP contribution in [0.4, 0.5) is 22.8 Å². The molecule has 2 aliphatic rings. The normalized spacial score (nSPS) is 21.2. The van der Waals surface area contributed by atoms with Crippen LogP contribution < -0.4 is 15.5 Å². The van der Waals surface area contributed by atoms with Gasteiger partial charge in [-0.15, -0.1) is 0 Å². The number of fused-ring (bicyclic) bond motifs is 1. The van der Waals surface area contributed by atoms with Gasteiger partial charge in [0.15, 0.2) is 10.9 Å². The van der Waals surface area contributed by atoms with E-state index in [9.17, 15) is 9.90 Å². The second-order valence-corrected chi connectivity index (χ2v) is 10.6. The number of aliphatic hydroxyl groups excluding tert-OH is 1.